The lowest BCUT2D eigenvalue weighted by molar-refractivity contribution is -0.0505. The molecule has 0 aliphatic rings. The van der Waals surface area contributed by atoms with Crippen molar-refractivity contribution in [2.45, 2.75) is 26.1 Å². The van der Waals surface area contributed by atoms with Crippen LogP contribution in [0.3, 0.4) is 0 Å². The summed E-state index contributed by atoms with van der Waals surface area (Å²) in [5, 5.41) is 7.80. The fraction of sp³-hybridized carbons (Fsp3) is 0.286. The number of rotatable bonds is 6. The summed E-state index contributed by atoms with van der Waals surface area (Å²) in [4.78, 5) is 0. The Kier molecular flexibility index (Phi) is 5.34. The van der Waals surface area contributed by atoms with Crippen molar-refractivity contribution in [1.29, 1.82) is 0 Å². The predicted octanol–water partition coefficient (Wildman–Crippen LogP) is 4.85. The highest BCUT2D eigenvalue weighted by molar-refractivity contribution is 7.07. The Hall–Kier alpha value is -1.17. The number of thiophene rings is 1. The van der Waals surface area contributed by atoms with E-state index in [-0.39, 0.29) is 11.8 Å². The molecule has 1 unspecified atom stereocenters. The molecular weight excluding hydrogens is 304 g/mol. The van der Waals surface area contributed by atoms with Gasteiger partial charge in [-0.15, -0.1) is 0 Å². The maximum atomic E-state index is 12.3. The average molecular weight is 318 g/mol. The van der Waals surface area contributed by atoms with Crippen LogP contribution in [0.15, 0.2) is 35.0 Å². The molecule has 2 aromatic rings. The lowest BCUT2D eigenvalue weighted by atomic mass is 10.1. The minimum Gasteiger partial charge on any atom is -0.434 e. The first-order chi connectivity index (χ1) is 9.56. The second-order valence-electron chi connectivity index (χ2n) is 4.29. The number of ether oxygens (including phenoxy) is 1. The van der Waals surface area contributed by atoms with Gasteiger partial charge in [-0.1, -0.05) is 11.6 Å². The number of benzene rings is 1. The van der Waals surface area contributed by atoms with Crippen LogP contribution in [0.5, 0.6) is 5.75 Å². The van der Waals surface area contributed by atoms with E-state index in [0.29, 0.717) is 17.1 Å². The van der Waals surface area contributed by atoms with Gasteiger partial charge in [0.05, 0.1) is 0 Å². The Bertz CT molecular complexity index is 548. The van der Waals surface area contributed by atoms with Gasteiger partial charge in [0.15, 0.2) is 0 Å². The van der Waals surface area contributed by atoms with Crippen LogP contribution in [0.25, 0.3) is 0 Å². The Morgan fingerprint density at radius 3 is 2.80 bits per heavy atom. The van der Waals surface area contributed by atoms with Crippen molar-refractivity contribution in [2.75, 3.05) is 0 Å². The maximum absolute atomic E-state index is 12.3. The molecule has 6 heteroatoms. The molecule has 0 fully saturated rings. The zero-order valence-corrected chi connectivity index (χ0v) is 12.3. The summed E-state index contributed by atoms with van der Waals surface area (Å²) in [5.74, 6) is 0.148. The number of alkyl halides is 2. The third kappa shape index (κ3) is 4.16. The molecule has 2 rings (SSSR count). The average Bonchev–Trinajstić information content (AvgIpc) is 2.92. The number of hydrogen-bond donors (Lipinski definition) is 1. The molecule has 0 saturated heterocycles. The molecule has 1 atom stereocenters. The molecule has 108 valence electrons. The van der Waals surface area contributed by atoms with Crippen molar-refractivity contribution >= 4 is 22.9 Å². The normalized spacial score (nSPS) is 12.7. The molecule has 0 aliphatic heterocycles. The maximum Gasteiger partial charge on any atom is 0.387 e. The summed E-state index contributed by atoms with van der Waals surface area (Å²) in [7, 11) is 0. The third-order valence-electron chi connectivity index (χ3n) is 2.88. The first-order valence-electron chi connectivity index (χ1n) is 6.05. The molecule has 0 aliphatic carbocycles. The van der Waals surface area contributed by atoms with Crippen molar-refractivity contribution in [3.8, 4) is 5.75 Å². The highest BCUT2D eigenvalue weighted by Crippen LogP contribution is 2.25. The van der Waals surface area contributed by atoms with Crippen molar-refractivity contribution in [2.24, 2.45) is 0 Å². The van der Waals surface area contributed by atoms with Crippen LogP contribution < -0.4 is 10.1 Å². The zero-order valence-electron chi connectivity index (χ0n) is 10.8. The molecule has 1 aromatic heterocycles. The highest BCUT2D eigenvalue weighted by Gasteiger charge is 2.12. The van der Waals surface area contributed by atoms with E-state index in [1.54, 1.807) is 17.4 Å². The first-order valence-corrected chi connectivity index (χ1v) is 7.37. The van der Waals surface area contributed by atoms with E-state index in [2.05, 4.69) is 10.1 Å². The van der Waals surface area contributed by atoms with Crippen molar-refractivity contribution in [3.05, 3.63) is 51.2 Å². The SMILES string of the molecule is CC(NCc1cc(Cl)ccc1OC(F)F)c1ccsc1. The van der Waals surface area contributed by atoms with Gasteiger partial charge >= 0.3 is 6.61 Å². The van der Waals surface area contributed by atoms with Gasteiger partial charge in [-0.2, -0.15) is 20.1 Å². The topological polar surface area (TPSA) is 21.3 Å². The second-order valence-corrected chi connectivity index (χ2v) is 5.51. The molecule has 0 saturated carbocycles. The first kappa shape index (κ1) is 15.2. The Morgan fingerprint density at radius 2 is 2.15 bits per heavy atom. The summed E-state index contributed by atoms with van der Waals surface area (Å²) in [6.45, 7) is -0.427. The Labute approximate surface area is 125 Å². The van der Waals surface area contributed by atoms with Crippen molar-refractivity contribution in [3.63, 3.8) is 0 Å². The third-order valence-corrected chi connectivity index (χ3v) is 3.82. The van der Waals surface area contributed by atoms with Gasteiger partial charge < -0.3 is 10.1 Å². The number of halogens is 3. The lowest BCUT2D eigenvalue weighted by Gasteiger charge is -2.15. The van der Waals surface area contributed by atoms with E-state index in [4.69, 9.17) is 11.6 Å². The van der Waals surface area contributed by atoms with E-state index in [1.165, 1.54) is 12.1 Å². The number of nitrogens with one attached hydrogen (secondary N) is 1. The molecule has 0 amide bonds. The number of hydrogen-bond acceptors (Lipinski definition) is 3. The monoisotopic (exact) mass is 317 g/mol. The van der Waals surface area contributed by atoms with Gasteiger partial charge in [0.1, 0.15) is 5.75 Å². The molecular formula is C14H14ClF2NOS. The molecule has 1 N–H and O–H groups in total. The van der Waals surface area contributed by atoms with E-state index in [1.807, 2.05) is 23.8 Å². The Balaban J connectivity index is 2.06. The highest BCUT2D eigenvalue weighted by atomic mass is 35.5. The van der Waals surface area contributed by atoms with Gasteiger partial charge in [-0.3, -0.25) is 0 Å². The zero-order chi connectivity index (χ0) is 14.5. The van der Waals surface area contributed by atoms with Gasteiger partial charge in [-0.05, 0) is 47.5 Å². The van der Waals surface area contributed by atoms with Gasteiger partial charge in [-0.25, -0.2) is 0 Å². The van der Waals surface area contributed by atoms with Crippen LogP contribution >= 0.6 is 22.9 Å². The van der Waals surface area contributed by atoms with E-state index < -0.39 is 6.61 Å². The van der Waals surface area contributed by atoms with Crippen LogP contribution in [0, 0.1) is 0 Å². The standard InChI is InChI=1S/C14H14ClF2NOS/c1-9(10-4-5-20-8-10)18-7-11-6-12(15)2-3-13(11)19-14(16)17/h2-6,8-9,14,18H,7H2,1H3. The van der Waals surface area contributed by atoms with Gasteiger partial charge in [0.2, 0.25) is 0 Å². The molecule has 1 aromatic carbocycles. The summed E-state index contributed by atoms with van der Waals surface area (Å²) < 4.78 is 29.2. The second kappa shape index (κ2) is 7.02. The van der Waals surface area contributed by atoms with Crippen LogP contribution in [-0.2, 0) is 6.54 Å². The van der Waals surface area contributed by atoms with E-state index in [9.17, 15) is 8.78 Å². The molecule has 0 spiro atoms. The predicted molar refractivity (Wildman–Crippen MR) is 77.7 cm³/mol. The summed E-state index contributed by atoms with van der Waals surface area (Å²) in [6, 6.07) is 6.77. The lowest BCUT2D eigenvalue weighted by Crippen LogP contribution is -2.18. The van der Waals surface area contributed by atoms with Crippen molar-refractivity contribution < 1.29 is 13.5 Å². The smallest absolute Gasteiger partial charge is 0.387 e. The van der Waals surface area contributed by atoms with E-state index in [0.717, 1.165) is 5.56 Å². The fourth-order valence-corrected chi connectivity index (χ4v) is 2.75. The molecule has 2 nitrogen and oxygen atoms in total. The van der Waals surface area contributed by atoms with E-state index >= 15 is 0 Å². The molecule has 0 bridgehead atoms. The summed E-state index contributed by atoms with van der Waals surface area (Å²) >= 11 is 7.52. The van der Waals surface area contributed by atoms with Gasteiger partial charge in [0, 0.05) is 23.2 Å². The van der Waals surface area contributed by atoms with Crippen molar-refractivity contribution in [1.82, 2.24) is 5.32 Å². The Morgan fingerprint density at radius 1 is 1.35 bits per heavy atom. The fourth-order valence-electron chi connectivity index (χ4n) is 1.80. The molecule has 0 radical (unpaired) electrons. The van der Waals surface area contributed by atoms with Crippen LogP contribution in [0.1, 0.15) is 24.1 Å². The van der Waals surface area contributed by atoms with Crippen LogP contribution in [-0.4, -0.2) is 6.61 Å². The molecule has 20 heavy (non-hydrogen) atoms. The van der Waals surface area contributed by atoms with Crippen LogP contribution in [0.2, 0.25) is 5.02 Å². The minimum absolute atomic E-state index is 0.125. The summed E-state index contributed by atoms with van der Waals surface area (Å²) in [6.07, 6.45) is 0. The largest absolute Gasteiger partial charge is 0.434 e. The van der Waals surface area contributed by atoms with Gasteiger partial charge in [0.25, 0.3) is 0 Å². The minimum atomic E-state index is -2.84. The summed E-state index contributed by atoms with van der Waals surface area (Å²) in [5.41, 5.74) is 1.77. The quantitative estimate of drug-likeness (QED) is 0.822. The molecule has 1 heterocycles. The van der Waals surface area contributed by atoms with Crippen LogP contribution in [0.4, 0.5) is 8.78 Å².